The van der Waals surface area contributed by atoms with Gasteiger partial charge in [0.15, 0.2) is 0 Å². The maximum absolute atomic E-state index is 4.52. The molecule has 1 aliphatic heterocycles. The van der Waals surface area contributed by atoms with Gasteiger partial charge in [-0.3, -0.25) is 4.90 Å². The van der Waals surface area contributed by atoms with Crippen LogP contribution in [-0.4, -0.2) is 47.6 Å². The maximum Gasteiger partial charge on any atom is 0.140 e. The molecule has 1 fully saturated rings. The quantitative estimate of drug-likeness (QED) is 0.736. The highest BCUT2D eigenvalue weighted by Gasteiger charge is 2.20. The summed E-state index contributed by atoms with van der Waals surface area (Å²) in [6.45, 7) is 5.48. The molecule has 0 aliphatic carbocycles. The molecule has 0 radical (unpaired) electrons. The van der Waals surface area contributed by atoms with Crippen molar-refractivity contribution >= 4 is 38.7 Å². The van der Waals surface area contributed by atoms with Crippen LogP contribution < -0.4 is 4.90 Å². The Morgan fingerprint density at radius 3 is 2.73 bits per heavy atom. The van der Waals surface area contributed by atoms with Crippen LogP contribution in [0.15, 0.2) is 35.3 Å². The van der Waals surface area contributed by atoms with Gasteiger partial charge in [-0.05, 0) is 29.3 Å². The third kappa shape index (κ3) is 2.86. The molecule has 1 saturated heterocycles. The Bertz CT molecular complexity index is 730. The molecule has 0 bridgehead atoms. The molecule has 4 nitrogen and oxygen atoms in total. The third-order valence-corrected chi connectivity index (χ3v) is 5.92. The average molecular weight is 330 g/mol. The molecule has 3 aromatic heterocycles. The van der Waals surface area contributed by atoms with Gasteiger partial charge in [0.25, 0.3) is 0 Å². The molecule has 4 rings (SSSR count). The van der Waals surface area contributed by atoms with Crippen LogP contribution in [-0.2, 0) is 6.42 Å². The van der Waals surface area contributed by atoms with E-state index in [9.17, 15) is 0 Å². The molecule has 1 aliphatic rings. The lowest BCUT2D eigenvalue weighted by Crippen LogP contribution is -2.47. The van der Waals surface area contributed by atoms with Gasteiger partial charge in [-0.1, -0.05) is 6.07 Å². The van der Waals surface area contributed by atoms with E-state index in [4.69, 9.17) is 0 Å². The summed E-state index contributed by atoms with van der Waals surface area (Å²) >= 11 is 3.54. The van der Waals surface area contributed by atoms with E-state index < -0.39 is 0 Å². The smallest absolute Gasteiger partial charge is 0.140 e. The van der Waals surface area contributed by atoms with Crippen LogP contribution in [0.4, 0.5) is 5.82 Å². The van der Waals surface area contributed by atoms with Crippen molar-refractivity contribution in [1.82, 2.24) is 14.9 Å². The number of anilines is 1. The largest absolute Gasteiger partial charge is 0.353 e. The molecular formula is C16H18N4S2. The first-order valence-corrected chi connectivity index (χ1v) is 9.34. The topological polar surface area (TPSA) is 32.3 Å². The summed E-state index contributed by atoms with van der Waals surface area (Å²) in [7, 11) is 0. The zero-order chi connectivity index (χ0) is 14.8. The minimum absolute atomic E-state index is 1.05. The van der Waals surface area contributed by atoms with Crippen molar-refractivity contribution in [2.75, 3.05) is 37.6 Å². The van der Waals surface area contributed by atoms with E-state index in [1.165, 1.54) is 16.7 Å². The van der Waals surface area contributed by atoms with Crippen LogP contribution in [0, 0.1) is 0 Å². The number of piperazine rings is 1. The molecule has 0 unspecified atom stereocenters. The molecule has 0 amide bonds. The second-order valence-electron chi connectivity index (χ2n) is 5.49. The van der Waals surface area contributed by atoms with Crippen LogP contribution >= 0.6 is 22.7 Å². The first kappa shape index (κ1) is 14.1. The first-order valence-electron chi connectivity index (χ1n) is 7.58. The van der Waals surface area contributed by atoms with Crippen molar-refractivity contribution < 1.29 is 0 Å². The SMILES string of the molecule is c1csc(CCN2CCN(c3ncnc4sccc34)CC2)c1. The van der Waals surface area contributed by atoms with E-state index in [-0.39, 0.29) is 0 Å². The van der Waals surface area contributed by atoms with Crippen molar-refractivity contribution in [1.29, 1.82) is 0 Å². The highest BCUT2D eigenvalue weighted by atomic mass is 32.1. The van der Waals surface area contributed by atoms with Crippen LogP contribution in [0.2, 0.25) is 0 Å². The highest BCUT2D eigenvalue weighted by molar-refractivity contribution is 7.16. The molecule has 0 atom stereocenters. The molecule has 0 aromatic carbocycles. The second-order valence-corrected chi connectivity index (χ2v) is 7.42. The zero-order valence-electron chi connectivity index (χ0n) is 12.3. The number of thiophene rings is 2. The van der Waals surface area contributed by atoms with Gasteiger partial charge in [-0.15, -0.1) is 22.7 Å². The predicted octanol–water partition coefficient (Wildman–Crippen LogP) is 3.12. The van der Waals surface area contributed by atoms with E-state index >= 15 is 0 Å². The van der Waals surface area contributed by atoms with Crippen LogP contribution in [0.5, 0.6) is 0 Å². The lowest BCUT2D eigenvalue weighted by Gasteiger charge is -2.35. The highest BCUT2D eigenvalue weighted by Crippen LogP contribution is 2.27. The predicted molar refractivity (Wildman–Crippen MR) is 94.1 cm³/mol. The van der Waals surface area contributed by atoms with Gasteiger partial charge < -0.3 is 4.90 Å². The summed E-state index contributed by atoms with van der Waals surface area (Å²) in [4.78, 5) is 16.4. The Morgan fingerprint density at radius 1 is 1.00 bits per heavy atom. The summed E-state index contributed by atoms with van der Waals surface area (Å²) in [5.74, 6) is 1.10. The molecular weight excluding hydrogens is 312 g/mol. The van der Waals surface area contributed by atoms with Gasteiger partial charge in [0.05, 0.1) is 5.39 Å². The van der Waals surface area contributed by atoms with Crippen LogP contribution in [0.3, 0.4) is 0 Å². The zero-order valence-corrected chi connectivity index (χ0v) is 13.9. The summed E-state index contributed by atoms with van der Waals surface area (Å²) in [6, 6.07) is 6.51. The fourth-order valence-corrected chi connectivity index (χ4v) is 4.36. The minimum atomic E-state index is 1.05. The summed E-state index contributed by atoms with van der Waals surface area (Å²) < 4.78 is 0. The van der Waals surface area contributed by atoms with Gasteiger partial charge in [-0.2, -0.15) is 0 Å². The van der Waals surface area contributed by atoms with Gasteiger partial charge in [-0.25, -0.2) is 9.97 Å². The molecule has 22 heavy (non-hydrogen) atoms. The van der Waals surface area contributed by atoms with Crippen molar-refractivity contribution in [2.24, 2.45) is 0 Å². The summed E-state index contributed by atoms with van der Waals surface area (Å²) in [6.07, 6.45) is 2.86. The average Bonchev–Trinajstić information content (AvgIpc) is 3.24. The molecule has 114 valence electrons. The number of nitrogens with zero attached hydrogens (tertiary/aromatic N) is 4. The minimum Gasteiger partial charge on any atom is -0.353 e. The molecule has 0 saturated carbocycles. The second kappa shape index (κ2) is 6.32. The Kier molecular flexibility index (Phi) is 4.05. The molecule has 0 N–H and O–H groups in total. The fourth-order valence-electron chi connectivity index (χ4n) is 2.94. The van der Waals surface area contributed by atoms with Gasteiger partial charge in [0.1, 0.15) is 17.0 Å². The van der Waals surface area contributed by atoms with E-state index in [0.29, 0.717) is 0 Å². The van der Waals surface area contributed by atoms with Crippen molar-refractivity contribution in [3.05, 3.63) is 40.2 Å². The number of hydrogen-bond donors (Lipinski definition) is 0. The van der Waals surface area contributed by atoms with Gasteiger partial charge in [0, 0.05) is 37.6 Å². The van der Waals surface area contributed by atoms with Crippen molar-refractivity contribution in [3.63, 3.8) is 0 Å². The molecule has 3 aromatic rings. The molecule has 0 spiro atoms. The van der Waals surface area contributed by atoms with Crippen molar-refractivity contribution in [3.8, 4) is 0 Å². The van der Waals surface area contributed by atoms with E-state index in [0.717, 1.165) is 43.4 Å². The number of rotatable bonds is 4. The molecule has 6 heteroatoms. The number of aromatic nitrogens is 2. The fraction of sp³-hybridized carbons (Fsp3) is 0.375. The standard InChI is InChI=1S/C16H18N4S2/c1-2-13(21-10-1)3-5-19-6-8-20(9-7-19)15-14-4-11-22-16(14)18-12-17-15/h1-2,4,10-12H,3,5-9H2. The Balaban J connectivity index is 1.38. The number of fused-ring (bicyclic) bond motifs is 1. The summed E-state index contributed by atoms with van der Waals surface area (Å²) in [5.41, 5.74) is 0. The Hall–Kier alpha value is -1.50. The van der Waals surface area contributed by atoms with Gasteiger partial charge >= 0.3 is 0 Å². The van der Waals surface area contributed by atoms with E-state index in [1.807, 2.05) is 11.3 Å². The van der Waals surface area contributed by atoms with E-state index in [2.05, 4.69) is 48.7 Å². The van der Waals surface area contributed by atoms with Gasteiger partial charge in [0.2, 0.25) is 0 Å². The van der Waals surface area contributed by atoms with Crippen molar-refractivity contribution in [2.45, 2.75) is 6.42 Å². The third-order valence-electron chi connectivity index (χ3n) is 4.17. The lowest BCUT2D eigenvalue weighted by atomic mass is 10.2. The lowest BCUT2D eigenvalue weighted by molar-refractivity contribution is 0.261. The normalized spacial score (nSPS) is 16.5. The molecule has 4 heterocycles. The number of hydrogen-bond acceptors (Lipinski definition) is 6. The monoisotopic (exact) mass is 330 g/mol. The van der Waals surface area contributed by atoms with E-state index in [1.54, 1.807) is 17.7 Å². The maximum atomic E-state index is 4.52. The van der Waals surface area contributed by atoms with Crippen LogP contribution in [0.1, 0.15) is 4.88 Å². The Morgan fingerprint density at radius 2 is 1.91 bits per heavy atom. The Labute approximate surface area is 138 Å². The summed E-state index contributed by atoms with van der Waals surface area (Å²) in [5, 5.41) is 5.45. The van der Waals surface area contributed by atoms with Crippen LogP contribution in [0.25, 0.3) is 10.2 Å². The first-order chi connectivity index (χ1) is 10.9.